The lowest BCUT2D eigenvalue weighted by molar-refractivity contribution is -0.119. The van der Waals surface area contributed by atoms with E-state index in [0.29, 0.717) is 29.0 Å². The molecule has 0 saturated carbocycles. The number of nitrogens with one attached hydrogen (secondary N) is 1. The third kappa shape index (κ3) is 5.29. The van der Waals surface area contributed by atoms with Gasteiger partial charge in [0.2, 0.25) is 0 Å². The van der Waals surface area contributed by atoms with Crippen molar-refractivity contribution in [2.75, 3.05) is 19.0 Å². The molecule has 5 nitrogen and oxygen atoms in total. The van der Waals surface area contributed by atoms with Gasteiger partial charge in [0.25, 0.3) is 5.91 Å². The predicted molar refractivity (Wildman–Crippen MR) is 101 cm³/mol. The molecule has 0 aliphatic rings. The Morgan fingerprint density at radius 2 is 1.92 bits per heavy atom. The molecule has 0 aliphatic carbocycles. The van der Waals surface area contributed by atoms with Crippen molar-refractivity contribution in [1.29, 1.82) is 0 Å². The van der Waals surface area contributed by atoms with Gasteiger partial charge >= 0.3 is 0 Å². The molecule has 134 valence electrons. The number of nitrogens with two attached hydrogens (primary N) is 1. The lowest BCUT2D eigenvalue weighted by Gasteiger charge is -2.14. The number of halogens is 1. The van der Waals surface area contributed by atoms with E-state index < -0.39 is 5.91 Å². The summed E-state index contributed by atoms with van der Waals surface area (Å²) in [6, 6.07) is 11.9. The van der Waals surface area contributed by atoms with E-state index in [1.54, 1.807) is 6.07 Å². The number of anilines is 1. The Bertz CT molecular complexity index is 730. The zero-order valence-electron chi connectivity index (χ0n) is 14.6. The first-order valence-corrected chi connectivity index (χ1v) is 8.40. The highest BCUT2D eigenvalue weighted by atomic mass is 35.5. The zero-order valence-corrected chi connectivity index (χ0v) is 15.4. The standard InChI is InChI=1S/C19H23ClN2O3/c1-12(2)14-4-6-15(7-5-14)22-10-13-8-16(20)19(17(9-13)24-3)25-11-18(21)23/h4-9,12,22H,10-11H2,1-3H3,(H2,21,23). The highest BCUT2D eigenvalue weighted by Gasteiger charge is 2.13. The van der Waals surface area contributed by atoms with Crippen LogP contribution in [0, 0.1) is 0 Å². The van der Waals surface area contributed by atoms with Gasteiger partial charge in [0.15, 0.2) is 18.1 Å². The van der Waals surface area contributed by atoms with Crippen LogP contribution < -0.4 is 20.5 Å². The minimum absolute atomic E-state index is 0.254. The van der Waals surface area contributed by atoms with Gasteiger partial charge in [-0.2, -0.15) is 0 Å². The van der Waals surface area contributed by atoms with E-state index >= 15 is 0 Å². The van der Waals surface area contributed by atoms with Gasteiger partial charge in [-0.05, 0) is 41.3 Å². The van der Waals surface area contributed by atoms with Crippen LogP contribution in [0.5, 0.6) is 11.5 Å². The topological polar surface area (TPSA) is 73.6 Å². The molecule has 6 heteroatoms. The maximum atomic E-state index is 10.9. The molecule has 2 aromatic carbocycles. The molecule has 0 unspecified atom stereocenters. The Morgan fingerprint density at radius 3 is 2.48 bits per heavy atom. The lowest BCUT2D eigenvalue weighted by Crippen LogP contribution is -2.20. The first-order valence-electron chi connectivity index (χ1n) is 8.02. The second-order valence-electron chi connectivity index (χ2n) is 5.99. The molecule has 0 atom stereocenters. The smallest absolute Gasteiger partial charge is 0.255 e. The van der Waals surface area contributed by atoms with Crippen LogP contribution in [0.4, 0.5) is 5.69 Å². The van der Waals surface area contributed by atoms with Gasteiger partial charge in [-0.3, -0.25) is 4.79 Å². The number of rotatable bonds is 8. The quantitative estimate of drug-likeness (QED) is 0.745. The SMILES string of the molecule is COc1cc(CNc2ccc(C(C)C)cc2)cc(Cl)c1OCC(N)=O. The summed E-state index contributed by atoms with van der Waals surface area (Å²) in [6.07, 6.45) is 0. The fraction of sp³-hybridized carbons (Fsp3) is 0.316. The Hall–Kier alpha value is -2.40. The molecule has 2 aromatic rings. The van der Waals surface area contributed by atoms with E-state index in [0.717, 1.165) is 11.3 Å². The average molecular weight is 363 g/mol. The number of primary amides is 1. The van der Waals surface area contributed by atoms with Crippen molar-refractivity contribution in [2.24, 2.45) is 5.73 Å². The molecular formula is C19H23ClN2O3. The van der Waals surface area contributed by atoms with Crippen molar-refractivity contribution >= 4 is 23.2 Å². The van der Waals surface area contributed by atoms with Crippen molar-refractivity contribution in [2.45, 2.75) is 26.3 Å². The fourth-order valence-corrected chi connectivity index (χ4v) is 2.64. The Morgan fingerprint density at radius 1 is 1.24 bits per heavy atom. The molecule has 0 saturated heterocycles. The summed E-state index contributed by atoms with van der Waals surface area (Å²) < 4.78 is 10.6. The van der Waals surface area contributed by atoms with E-state index in [1.165, 1.54) is 12.7 Å². The van der Waals surface area contributed by atoms with Crippen LogP contribution >= 0.6 is 11.6 Å². The highest BCUT2D eigenvalue weighted by Crippen LogP contribution is 2.36. The molecule has 0 aromatic heterocycles. The van der Waals surface area contributed by atoms with Crippen LogP contribution in [0.1, 0.15) is 30.9 Å². The minimum atomic E-state index is -0.575. The van der Waals surface area contributed by atoms with Crippen molar-refractivity contribution < 1.29 is 14.3 Å². The molecule has 2 rings (SSSR count). The Balaban J connectivity index is 2.09. The van der Waals surface area contributed by atoms with Crippen LogP contribution in [0.2, 0.25) is 5.02 Å². The highest BCUT2D eigenvalue weighted by molar-refractivity contribution is 6.32. The van der Waals surface area contributed by atoms with Crippen molar-refractivity contribution in [3.63, 3.8) is 0 Å². The van der Waals surface area contributed by atoms with Crippen molar-refractivity contribution in [3.05, 3.63) is 52.5 Å². The number of hydrogen-bond donors (Lipinski definition) is 2. The van der Waals surface area contributed by atoms with Crippen LogP contribution in [0.25, 0.3) is 0 Å². The van der Waals surface area contributed by atoms with Crippen molar-refractivity contribution in [3.8, 4) is 11.5 Å². The third-order valence-corrected chi connectivity index (χ3v) is 4.00. The average Bonchev–Trinajstić information content (AvgIpc) is 2.58. The molecule has 0 heterocycles. The first kappa shape index (κ1) is 18.9. The summed E-state index contributed by atoms with van der Waals surface area (Å²) in [5.74, 6) is 0.701. The number of ether oxygens (including phenoxy) is 2. The number of benzene rings is 2. The van der Waals surface area contributed by atoms with Gasteiger partial charge in [0.1, 0.15) is 0 Å². The first-order chi connectivity index (χ1) is 11.9. The number of carbonyl (C=O) groups excluding carboxylic acids is 1. The van der Waals surface area contributed by atoms with E-state index in [1.807, 2.05) is 6.07 Å². The number of hydrogen-bond acceptors (Lipinski definition) is 4. The molecule has 3 N–H and O–H groups in total. The predicted octanol–water partition coefficient (Wildman–Crippen LogP) is 3.95. The maximum Gasteiger partial charge on any atom is 0.255 e. The molecule has 0 aliphatic heterocycles. The summed E-state index contributed by atoms with van der Waals surface area (Å²) in [5.41, 5.74) is 8.35. The summed E-state index contributed by atoms with van der Waals surface area (Å²) in [4.78, 5) is 10.9. The molecule has 1 amide bonds. The van der Waals surface area contributed by atoms with E-state index in [-0.39, 0.29) is 6.61 Å². The monoisotopic (exact) mass is 362 g/mol. The van der Waals surface area contributed by atoms with Gasteiger partial charge < -0.3 is 20.5 Å². The minimum Gasteiger partial charge on any atom is -0.493 e. The van der Waals surface area contributed by atoms with Crippen LogP contribution in [-0.4, -0.2) is 19.6 Å². The fourth-order valence-electron chi connectivity index (χ4n) is 2.35. The second-order valence-corrected chi connectivity index (χ2v) is 6.40. The molecule has 0 bridgehead atoms. The number of carbonyl (C=O) groups is 1. The van der Waals surface area contributed by atoms with Gasteiger partial charge in [-0.25, -0.2) is 0 Å². The van der Waals surface area contributed by atoms with Gasteiger partial charge in [0.05, 0.1) is 12.1 Å². The summed E-state index contributed by atoms with van der Waals surface area (Å²) in [6.45, 7) is 4.65. The molecule has 25 heavy (non-hydrogen) atoms. The molecular weight excluding hydrogens is 340 g/mol. The molecule has 0 spiro atoms. The Kier molecular flexibility index (Phi) is 6.53. The maximum absolute atomic E-state index is 10.9. The second kappa shape index (κ2) is 8.62. The summed E-state index contributed by atoms with van der Waals surface area (Å²) in [7, 11) is 1.52. The molecule has 0 fully saturated rings. The normalized spacial score (nSPS) is 10.6. The zero-order chi connectivity index (χ0) is 18.4. The van der Waals surface area contributed by atoms with Gasteiger partial charge in [0, 0.05) is 12.2 Å². The van der Waals surface area contributed by atoms with Gasteiger partial charge in [-0.1, -0.05) is 37.6 Å². The molecule has 0 radical (unpaired) electrons. The number of amides is 1. The summed E-state index contributed by atoms with van der Waals surface area (Å²) >= 11 is 6.25. The summed E-state index contributed by atoms with van der Waals surface area (Å²) in [5, 5.41) is 3.71. The van der Waals surface area contributed by atoms with Crippen LogP contribution in [-0.2, 0) is 11.3 Å². The van der Waals surface area contributed by atoms with Crippen molar-refractivity contribution in [1.82, 2.24) is 0 Å². The lowest BCUT2D eigenvalue weighted by atomic mass is 10.0. The van der Waals surface area contributed by atoms with E-state index in [4.69, 9.17) is 26.8 Å². The van der Waals surface area contributed by atoms with E-state index in [9.17, 15) is 4.79 Å². The number of methoxy groups -OCH3 is 1. The van der Waals surface area contributed by atoms with Gasteiger partial charge in [-0.15, -0.1) is 0 Å². The Labute approximate surface area is 153 Å². The van der Waals surface area contributed by atoms with Crippen LogP contribution in [0.15, 0.2) is 36.4 Å². The van der Waals surface area contributed by atoms with E-state index in [2.05, 4.69) is 43.4 Å². The third-order valence-electron chi connectivity index (χ3n) is 3.72. The largest absolute Gasteiger partial charge is 0.493 e. The van der Waals surface area contributed by atoms with Crippen LogP contribution in [0.3, 0.4) is 0 Å².